The van der Waals surface area contributed by atoms with Crippen LogP contribution in [0.4, 0.5) is 5.69 Å². The van der Waals surface area contributed by atoms with Crippen molar-refractivity contribution in [1.82, 2.24) is 5.32 Å². The predicted octanol–water partition coefficient (Wildman–Crippen LogP) is 5.16. The van der Waals surface area contributed by atoms with Crippen molar-refractivity contribution in [3.05, 3.63) is 67.6 Å². The van der Waals surface area contributed by atoms with Crippen LogP contribution in [0.1, 0.15) is 18.4 Å². The number of thioether (sulfide) groups is 1. The average molecular weight is 569 g/mol. The first-order valence-electron chi connectivity index (χ1n) is 10.5. The molecule has 2 aromatic carbocycles. The van der Waals surface area contributed by atoms with Crippen molar-refractivity contribution in [2.24, 2.45) is 5.92 Å². The summed E-state index contributed by atoms with van der Waals surface area (Å²) < 4.78 is 10.3. The van der Waals surface area contributed by atoms with E-state index in [2.05, 4.69) is 16.7 Å². The number of carbonyl (C=O) groups excluding carboxylic acids is 3. The zero-order chi connectivity index (χ0) is 26.4. The van der Waals surface area contributed by atoms with Crippen molar-refractivity contribution >= 4 is 70.0 Å². The minimum Gasteiger partial charge on any atom is -0.491 e. The third kappa shape index (κ3) is 6.26. The number of esters is 1. The summed E-state index contributed by atoms with van der Waals surface area (Å²) in [5, 5.41) is 16.2. The Labute approximate surface area is 226 Å². The molecular formula is C24H20Cl3N3O5S. The molecular weight excluding hydrogens is 549 g/mol. The molecule has 2 amide bonds. The zero-order valence-electron chi connectivity index (χ0n) is 19.1. The van der Waals surface area contributed by atoms with Gasteiger partial charge < -0.3 is 20.1 Å². The lowest BCUT2D eigenvalue weighted by molar-refractivity contribution is -0.150. The second-order valence-corrected chi connectivity index (χ2v) is 9.65. The Morgan fingerprint density at radius 1 is 1.19 bits per heavy atom. The van der Waals surface area contributed by atoms with E-state index in [0.29, 0.717) is 22.9 Å². The molecule has 2 atom stereocenters. The zero-order valence-corrected chi connectivity index (χ0v) is 22.1. The van der Waals surface area contributed by atoms with Crippen molar-refractivity contribution < 1.29 is 23.9 Å². The molecule has 2 aromatic rings. The van der Waals surface area contributed by atoms with Crippen molar-refractivity contribution in [2.75, 3.05) is 24.8 Å². The summed E-state index contributed by atoms with van der Waals surface area (Å²) in [6.45, 7) is 2.08. The summed E-state index contributed by atoms with van der Waals surface area (Å²) in [4.78, 5) is 38.1. The highest BCUT2D eigenvalue weighted by Crippen LogP contribution is 2.44. The molecule has 188 valence electrons. The molecule has 0 saturated heterocycles. The van der Waals surface area contributed by atoms with E-state index in [1.807, 2.05) is 0 Å². The molecule has 8 nitrogen and oxygen atoms in total. The number of hydrogen-bond donors (Lipinski definition) is 2. The van der Waals surface area contributed by atoms with Crippen LogP contribution in [0, 0.1) is 17.2 Å². The highest BCUT2D eigenvalue weighted by atomic mass is 35.5. The number of nitrogens with one attached hydrogen (secondary N) is 2. The van der Waals surface area contributed by atoms with Gasteiger partial charge in [0.05, 0.1) is 46.2 Å². The summed E-state index contributed by atoms with van der Waals surface area (Å²) in [6, 6.07) is 11.7. The molecule has 0 aliphatic carbocycles. The standard InChI is InChI=1S/C24H20Cl3N3O5S/c1-3-35-21-16(26)7-12(8-17(21)27)19-15(10-28)23(30-22(32)20(19)24(33)34-2)36-11-18(31)29-14-6-4-5-13(25)9-14/h4-9,19-20H,3,11H2,1-2H3,(H,29,31)(H,30,32)/t19-,20-/m1/s1. The SMILES string of the molecule is CCOc1c(Cl)cc([C@@H]2C(C#N)=C(SCC(=O)Nc3cccc(Cl)c3)NC(=O)[C@@H]2C(=O)OC)cc1Cl. The van der Waals surface area contributed by atoms with Gasteiger partial charge in [-0.1, -0.05) is 52.6 Å². The highest BCUT2D eigenvalue weighted by molar-refractivity contribution is 8.03. The number of hydrogen-bond acceptors (Lipinski definition) is 7. The number of amides is 2. The van der Waals surface area contributed by atoms with Crippen molar-refractivity contribution in [3.8, 4) is 11.8 Å². The van der Waals surface area contributed by atoms with Gasteiger partial charge in [-0.25, -0.2) is 0 Å². The maximum Gasteiger partial charge on any atom is 0.319 e. The molecule has 0 unspecified atom stereocenters. The van der Waals surface area contributed by atoms with E-state index >= 15 is 0 Å². The lowest BCUT2D eigenvalue weighted by atomic mass is 9.78. The fourth-order valence-electron chi connectivity index (χ4n) is 3.62. The normalized spacial score (nSPS) is 17.2. The maximum atomic E-state index is 13.0. The van der Waals surface area contributed by atoms with Gasteiger partial charge in [-0.15, -0.1) is 0 Å². The monoisotopic (exact) mass is 567 g/mol. The number of ether oxygens (including phenoxy) is 2. The Morgan fingerprint density at radius 3 is 2.47 bits per heavy atom. The van der Waals surface area contributed by atoms with Gasteiger partial charge in [0.15, 0.2) is 5.75 Å². The van der Waals surface area contributed by atoms with Gasteiger partial charge in [-0.05, 0) is 42.8 Å². The summed E-state index contributed by atoms with van der Waals surface area (Å²) in [5.41, 5.74) is 0.899. The number of nitriles is 1. The van der Waals surface area contributed by atoms with Crippen LogP contribution in [-0.2, 0) is 19.1 Å². The molecule has 1 heterocycles. The van der Waals surface area contributed by atoms with Gasteiger partial charge in [0.25, 0.3) is 0 Å². The second-order valence-electron chi connectivity index (χ2n) is 7.42. The molecule has 1 aliphatic rings. The lowest BCUT2D eigenvalue weighted by Crippen LogP contribution is -2.44. The van der Waals surface area contributed by atoms with Crippen LogP contribution < -0.4 is 15.4 Å². The van der Waals surface area contributed by atoms with Crippen LogP contribution in [0.3, 0.4) is 0 Å². The number of halogens is 3. The molecule has 0 radical (unpaired) electrons. The van der Waals surface area contributed by atoms with Crippen LogP contribution in [0.25, 0.3) is 0 Å². The van der Waals surface area contributed by atoms with E-state index in [0.717, 1.165) is 18.9 Å². The third-order valence-electron chi connectivity index (χ3n) is 5.11. The van der Waals surface area contributed by atoms with E-state index in [4.69, 9.17) is 44.3 Å². The number of methoxy groups -OCH3 is 1. The van der Waals surface area contributed by atoms with Gasteiger partial charge in [0.1, 0.15) is 5.92 Å². The minimum absolute atomic E-state index is 0.0573. The minimum atomic E-state index is -1.38. The Kier molecular flexibility index (Phi) is 9.51. The fraction of sp³-hybridized carbons (Fsp3) is 0.250. The largest absolute Gasteiger partial charge is 0.491 e. The second kappa shape index (κ2) is 12.4. The molecule has 0 aromatic heterocycles. The predicted molar refractivity (Wildman–Crippen MR) is 139 cm³/mol. The molecule has 0 saturated carbocycles. The lowest BCUT2D eigenvalue weighted by Gasteiger charge is -2.31. The number of rotatable bonds is 8. The molecule has 12 heteroatoms. The summed E-state index contributed by atoms with van der Waals surface area (Å²) in [6.07, 6.45) is 0. The van der Waals surface area contributed by atoms with E-state index in [9.17, 15) is 19.6 Å². The van der Waals surface area contributed by atoms with Crippen molar-refractivity contribution in [2.45, 2.75) is 12.8 Å². The first-order chi connectivity index (χ1) is 17.2. The molecule has 0 spiro atoms. The fourth-order valence-corrected chi connectivity index (χ4v) is 5.27. The number of anilines is 1. The van der Waals surface area contributed by atoms with Crippen LogP contribution >= 0.6 is 46.6 Å². The Bertz CT molecular complexity index is 1250. The number of carbonyl (C=O) groups is 3. The van der Waals surface area contributed by atoms with Gasteiger partial charge in [-0.2, -0.15) is 5.26 Å². The smallest absolute Gasteiger partial charge is 0.319 e. The molecule has 0 bridgehead atoms. The Morgan fingerprint density at radius 2 is 1.89 bits per heavy atom. The maximum absolute atomic E-state index is 13.0. The quantitative estimate of drug-likeness (QED) is 0.334. The molecule has 2 N–H and O–H groups in total. The topological polar surface area (TPSA) is 118 Å². The first-order valence-corrected chi connectivity index (χ1v) is 12.6. The Hall–Kier alpha value is -2.90. The average Bonchev–Trinajstić information content (AvgIpc) is 2.83. The molecule has 1 aliphatic heterocycles. The van der Waals surface area contributed by atoms with E-state index in [-0.39, 0.29) is 38.1 Å². The number of allylic oxidation sites excluding steroid dienone is 1. The molecule has 0 fully saturated rings. The van der Waals surface area contributed by atoms with E-state index in [1.54, 1.807) is 31.2 Å². The van der Waals surface area contributed by atoms with Crippen LogP contribution in [0.2, 0.25) is 15.1 Å². The summed E-state index contributed by atoms with van der Waals surface area (Å²) >= 11 is 19.6. The van der Waals surface area contributed by atoms with E-state index < -0.39 is 23.7 Å². The van der Waals surface area contributed by atoms with E-state index in [1.165, 1.54) is 12.1 Å². The number of benzene rings is 2. The summed E-state index contributed by atoms with van der Waals surface area (Å²) in [7, 11) is 1.14. The third-order valence-corrected chi connectivity index (χ3v) is 6.92. The molecule has 3 rings (SSSR count). The van der Waals surface area contributed by atoms with Gasteiger partial charge in [-0.3, -0.25) is 14.4 Å². The van der Waals surface area contributed by atoms with Gasteiger partial charge >= 0.3 is 5.97 Å². The van der Waals surface area contributed by atoms with Crippen LogP contribution in [0.5, 0.6) is 5.75 Å². The van der Waals surface area contributed by atoms with Gasteiger partial charge in [0.2, 0.25) is 11.8 Å². The van der Waals surface area contributed by atoms with Crippen molar-refractivity contribution in [3.63, 3.8) is 0 Å². The Balaban J connectivity index is 1.97. The number of nitrogens with zero attached hydrogens (tertiary/aromatic N) is 1. The van der Waals surface area contributed by atoms with Crippen LogP contribution in [-0.4, -0.2) is 37.3 Å². The first kappa shape index (κ1) is 27.7. The highest BCUT2D eigenvalue weighted by Gasteiger charge is 2.44. The van der Waals surface area contributed by atoms with Crippen molar-refractivity contribution in [1.29, 1.82) is 5.26 Å². The molecule has 36 heavy (non-hydrogen) atoms. The van der Waals surface area contributed by atoms with Crippen LogP contribution in [0.15, 0.2) is 47.0 Å². The summed E-state index contributed by atoms with van der Waals surface area (Å²) in [5.74, 6) is -4.24. The van der Waals surface area contributed by atoms with Gasteiger partial charge in [0, 0.05) is 16.6 Å².